The van der Waals surface area contributed by atoms with Crippen LogP contribution in [-0.4, -0.2) is 38.4 Å². The van der Waals surface area contributed by atoms with Crippen molar-refractivity contribution in [3.63, 3.8) is 0 Å². The molecule has 0 aromatic rings. The predicted molar refractivity (Wildman–Crippen MR) is 53.4 cm³/mol. The van der Waals surface area contributed by atoms with Gasteiger partial charge in [-0.3, -0.25) is 0 Å². The Balaban J connectivity index is 4.17. The van der Waals surface area contributed by atoms with Gasteiger partial charge in [-0.15, -0.1) is 0 Å². The van der Waals surface area contributed by atoms with Crippen molar-refractivity contribution >= 4 is 16.3 Å². The number of carbonyl (C=O) groups is 1. The predicted octanol–water partition coefficient (Wildman–Crippen LogP) is -0.662. The highest BCUT2D eigenvalue weighted by atomic mass is 32.2. The molecule has 3 N–H and O–H groups in total. The fraction of sp³-hybridized carbons (Fsp3) is 0.857. The Labute approximate surface area is 89.0 Å². The molecule has 0 heterocycles. The van der Waals surface area contributed by atoms with Crippen LogP contribution in [0.25, 0.3) is 0 Å². The number of hydrogen-bond donors (Lipinski definition) is 3. The zero-order chi connectivity index (χ0) is 12.1. The van der Waals surface area contributed by atoms with Crippen LogP contribution in [0.2, 0.25) is 0 Å². The van der Waals surface area contributed by atoms with Crippen LogP contribution in [0.1, 0.15) is 20.8 Å². The molecule has 7 nitrogen and oxygen atoms in total. The lowest BCUT2D eigenvalue weighted by atomic mass is 10.2. The van der Waals surface area contributed by atoms with Gasteiger partial charge in [-0.25, -0.2) is 9.52 Å². The van der Waals surface area contributed by atoms with E-state index in [9.17, 15) is 13.2 Å². The minimum absolute atomic E-state index is 0.169. The van der Waals surface area contributed by atoms with Crippen LogP contribution >= 0.6 is 0 Å². The van der Waals surface area contributed by atoms with Crippen molar-refractivity contribution in [2.24, 2.45) is 0 Å². The first-order valence-electron chi connectivity index (χ1n) is 4.27. The number of rotatable bonds is 4. The molecule has 0 saturated carbocycles. The average molecular weight is 240 g/mol. The van der Waals surface area contributed by atoms with Crippen LogP contribution in [0.15, 0.2) is 0 Å². The summed E-state index contributed by atoms with van der Waals surface area (Å²) >= 11 is 0. The summed E-state index contributed by atoms with van der Waals surface area (Å²) in [5, 5.41) is 8.38. The van der Waals surface area contributed by atoms with Gasteiger partial charge in [0.2, 0.25) is 0 Å². The van der Waals surface area contributed by atoms with Crippen molar-refractivity contribution in [1.29, 1.82) is 0 Å². The van der Waals surface area contributed by atoms with Gasteiger partial charge in [-0.2, -0.15) is 13.1 Å². The smallest absolute Gasteiger partial charge is 0.422 e. The highest BCUT2D eigenvalue weighted by Crippen LogP contribution is 2.06. The third kappa shape index (κ3) is 8.16. The van der Waals surface area contributed by atoms with E-state index in [-0.39, 0.29) is 13.2 Å². The first kappa shape index (κ1) is 14.1. The monoisotopic (exact) mass is 240 g/mol. The number of ether oxygens (including phenoxy) is 1. The van der Waals surface area contributed by atoms with E-state index < -0.39 is 21.9 Å². The summed E-state index contributed by atoms with van der Waals surface area (Å²) in [6.07, 6.45) is -1.06. The molecule has 0 radical (unpaired) electrons. The van der Waals surface area contributed by atoms with Crippen molar-refractivity contribution in [2.45, 2.75) is 26.4 Å². The van der Waals surface area contributed by atoms with Crippen LogP contribution < -0.4 is 9.44 Å². The zero-order valence-electron chi connectivity index (χ0n) is 8.90. The molecule has 8 heteroatoms. The van der Waals surface area contributed by atoms with Gasteiger partial charge < -0.3 is 9.84 Å². The fourth-order valence-electron chi connectivity index (χ4n) is 0.625. The van der Waals surface area contributed by atoms with Crippen molar-refractivity contribution in [3.05, 3.63) is 0 Å². The van der Waals surface area contributed by atoms with Crippen molar-refractivity contribution in [1.82, 2.24) is 9.44 Å². The molecule has 0 aromatic carbocycles. The SMILES string of the molecule is CC(C)(C)OC(=O)NS(=O)(=O)NCCO. The molecule has 0 spiro atoms. The number of nitrogens with one attached hydrogen (secondary N) is 2. The van der Waals surface area contributed by atoms with Gasteiger partial charge in [0.15, 0.2) is 0 Å². The van der Waals surface area contributed by atoms with E-state index >= 15 is 0 Å². The lowest BCUT2D eigenvalue weighted by Crippen LogP contribution is -2.43. The van der Waals surface area contributed by atoms with Crippen LogP contribution in [0.3, 0.4) is 0 Å². The normalized spacial score (nSPS) is 12.3. The molecule has 0 unspecified atom stereocenters. The molecule has 1 amide bonds. The number of aliphatic hydroxyl groups excluding tert-OH is 1. The summed E-state index contributed by atoms with van der Waals surface area (Å²) in [4.78, 5) is 11.0. The van der Waals surface area contributed by atoms with E-state index in [0.29, 0.717) is 0 Å². The molecule has 0 saturated heterocycles. The molecule has 0 fully saturated rings. The maximum atomic E-state index is 11.1. The molecule has 15 heavy (non-hydrogen) atoms. The van der Waals surface area contributed by atoms with E-state index in [1.165, 1.54) is 0 Å². The largest absolute Gasteiger partial charge is 0.443 e. The first-order valence-corrected chi connectivity index (χ1v) is 5.76. The van der Waals surface area contributed by atoms with Crippen LogP contribution in [0.5, 0.6) is 0 Å². The second-order valence-corrected chi connectivity index (χ2v) is 5.23. The number of amides is 1. The number of hydrogen-bond acceptors (Lipinski definition) is 5. The first-order chi connectivity index (χ1) is 6.66. The molecule has 90 valence electrons. The molecular weight excluding hydrogens is 224 g/mol. The minimum Gasteiger partial charge on any atom is -0.443 e. The Hall–Kier alpha value is -0.860. The summed E-state index contributed by atoms with van der Waals surface area (Å²) in [7, 11) is -3.95. The molecule has 0 rings (SSSR count). The van der Waals surface area contributed by atoms with E-state index in [1.54, 1.807) is 25.5 Å². The van der Waals surface area contributed by atoms with Gasteiger partial charge in [0, 0.05) is 6.54 Å². The van der Waals surface area contributed by atoms with Crippen LogP contribution in [-0.2, 0) is 14.9 Å². The second-order valence-electron chi connectivity index (χ2n) is 3.73. The second kappa shape index (κ2) is 5.29. The number of aliphatic hydroxyl groups is 1. The van der Waals surface area contributed by atoms with Gasteiger partial charge in [0.05, 0.1) is 6.61 Å². The molecule has 0 aliphatic carbocycles. The van der Waals surface area contributed by atoms with E-state index in [2.05, 4.69) is 0 Å². The number of carbonyl (C=O) groups excluding carboxylic acids is 1. The fourth-order valence-corrected chi connectivity index (χ4v) is 1.32. The standard InChI is InChI=1S/C7H16N2O5S/c1-7(2,3)14-6(11)9-15(12,13)8-4-5-10/h8,10H,4-5H2,1-3H3,(H,9,11). The third-order valence-electron chi connectivity index (χ3n) is 1.02. The Morgan fingerprint density at radius 2 is 1.93 bits per heavy atom. The third-order valence-corrected chi connectivity index (χ3v) is 2.04. The molecule has 0 aromatic heterocycles. The summed E-state index contributed by atoms with van der Waals surface area (Å²) < 4.78 is 30.4. The lowest BCUT2D eigenvalue weighted by Gasteiger charge is -2.19. The maximum Gasteiger partial charge on any atom is 0.422 e. The highest BCUT2D eigenvalue weighted by Gasteiger charge is 2.20. The topological polar surface area (TPSA) is 105 Å². The summed E-state index contributed by atoms with van der Waals surface area (Å²) in [5.74, 6) is 0. The highest BCUT2D eigenvalue weighted by molar-refractivity contribution is 7.88. The van der Waals surface area contributed by atoms with Gasteiger partial charge in [0.25, 0.3) is 0 Å². The van der Waals surface area contributed by atoms with Gasteiger partial charge in [0.1, 0.15) is 5.60 Å². The van der Waals surface area contributed by atoms with Crippen molar-refractivity contribution < 1.29 is 23.1 Å². The van der Waals surface area contributed by atoms with E-state index in [1.807, 2.05) is 4.72 Å². The van der Waals surface area contributed by atoms with Gasteiger partial charge >= 0.3 is 16.3 Å². The minimum atomic E-state index is -3.95. The molecule has 0 aliphatic heterocycles. The lowest BCUT2D eigenvalue weighted by molar-refractivity contribution is 0.0569. The van der Waals surface area contributed by atoms with Crippen molar-refractivity contribution in [3.8, 4) is 0 Å². The van der Waals surface area contributed by atoms with Gasteiger partial charge in [-0.05, 0) is 20.8 Å². The zero-order valence-corrected chi connectivity index (χ0v) is 9.72. The summed E-state index contributed by atoms with van der Waals surface area (Å²) in [6, 6.07) is 0. The average Bonchev–Trinajstić information content (AvgIpc) is 1.95. The van der Waals surface area contributed by atoms with Crippen LogP contribution in [0.4, 0.5) is 4.79 Å². The molecule has 0 bridgehead atoms. The quantitative estimate of drug-likeness (QED) is 0.605. The summed E-state index contributed by atoms with van der Waals surface area (Å²) in [6.45, 7) is 4.31. The molecule has 0 atom stereocenters. The Kier molecular flexibility index (Phi) is 4.98. The van der Waals surface area contributed by atoms with Crippen molar-refractivity contribution in [2.75, 3.05) is 13.2 Å². The van der Waals surface area contributed by atoms with Gasteiger partial charge in [-0.1, -0.05) is 0 Å². The Bertz CT molecular complexity index is 306. The maximum absolute atomic E-state index is 11.1. The van der Waals surface area contributed by atoms with Crippen LogP contribution in [0, 0.1) is 0 Å². The van der Waals surface area contributed by atoms with E-state index in [4.69, 9.17) is 9.84 Å². The summed E-state index contributed by atoms with van der Waals surface area (Å²) in [5.41, 5.74) is -0.767. The molecule has 0 aliphatic rings. The Morgan fingerprint density at radius 3 is 2.33 bits per heavy atom. The van der Waals surface area contributed by atoms with E-state index in [0.717, 1.165) is 0 Å². The molecular formula is C7H16N2O5S. The Morgan fingerprint density at radius 1 is 1.40 bits per heavy atom.